The maximum atomic E-state index is 11.0. The van der Waals surface area contributed by atoms with Gasteiger partial charge < -0.3 is 9.64 Å². The Bertz CT molecular complexity index is 166. The van der Waals surface area contributed by atoms with E-state index in [0.29, 0.717) is 18.4 Å². The molecule has 1 fully saturated rings. The molecule has 1 aliphatic rings. The van der Waals surface area contributed by atoms with E-state index in [-0.39, 0.29) is 11.5 Å². The van der Waals surface area contributed by atoms with E-state index >= 15 is 0 Å². The minimum absolute atomic E-state index is 0.0994. The fourth-order valence-electron chi connectivity index (χ4n) is 1.15. The van der Waals surface area contributed by atoms with Crippen molar-refractivity contribution in [2.45, 2.75) is 12.5 Å². The Morgan fingerprint density at radius 2 is 2.27 bits per heavy atom. The van der Waals surface area contributed by atoms with E-state index in [1.54, 1.807) is 12.0 Å². The fourth-order valence-corrected chi connectivity index (χ4v) is 1.51. The predicted molar refractivity (Wildman–Crippen MR) is 45.8 cm³/mol. The van der Waals surface area contributed by atoms with Crippen LogP contribution >= 0.6 is 15.9 Å². The van der Waals surface area contributed by atoms with Crippen LogP contribution in [0.3, 0.4) is 0 Å². The van der Waals surface area contributed by atoms with Crippen molar-refractivity contribution in [1.29, 1.82) is 0 Å². The van der Waals surface area contributed by atoms with E-state index in [2.05, 4.69) is 15.9 Å². The van der Waals surface area contributed by atoms with Crippen LogP contribution in [0.4, 0.5) is 0 Å². The number of methoxy groups -OCH3 is 1. The molecule has 0 N–H and O–H groups in total. The van der Waals surface area contributed by atoms with Gasteiger partial charge in [0, 0.05) is 7.11 Å². The van der Waals surface area contributed by atoms with E-state index in [4.69, 9.17) is 4.74 Å². The molecule has 3 nitrogen and oxygen atoms in total. The number of halogens is 1. The SMILES string of the molecule is COC1(C)CN(C(=O)CBr)C1. The molecule has 0 atom stereocenters. The van der Waals surface area contributed by atoms with E-state index in [1.807, 2.05) is 6.92 Å². The second-order valence-electron chi connectivity index (χ2n) is 3.04. The lowest BCUT2D eigenvalue weighted by atomic mass is 9.97. The van der Waals surface area contributed by atoms with Gasteiger partial charge in [0.25, 0.3) is 0 Å². The zero-order chi connectivity index (χ0) is 8.48. The van der Waals surface area contributed by atoms with Crippen LogP contribution in [0.2, 0.25) is 0 Å². The van der Waals surface area contributed by atoms with Crippen LogP contribution in [0.5, 0.6) is 0 Å². The third-order valence-electron chi connectivity index (χ3n) is 2.01. The van der Waals surface area contributed by atoms with Gasteiger partial charge in [-0.3, -0.25) is 4.79 Å². The molecule has 1 amide bonds. The molecule has 0 aromatic carbocycles. The van der Waals surface area contributed by atoms with Crippen LogP contribution < -0.4 is 0 Å². The number of carbonyl (C=O) groups excluding carboxylic acids is 1. The number of hydrogen-bond acceptors (Lipinski definition) is 2. The monoisotopic (exact) mass is 221 g/mol. The van der Waals surface area contributed by atoms with Crippen LogP contribution in [0, 0.1) is 0 Å². The lowest BCUT2D eigenvalue weighted by Gasteiger charge is -2.46. The highest BCUT2D eigenvalue weighted by atomic mass is 79.9. The van der Waals surface area contributed by atoms with Gasteiger partial charge in [-0.15, -0.1) is 0 Å². The normalized spacial score (nSPS) is 21.2. The Morgan fingerprint density at radius 1 is 1.73 bits per heavy atom. The molecule has 4 heteroatoms. The lowest BCUT2D eigenvalue weighted by Crippen LogP contribution is -2.62. The molecule has 0 radical (unpaired) electrons. The van der Waals surface area contributed by atoms with E-state index in [1.165, 1.54) is 0 Å². The number of alkyl halides is 1. The maximum absolute atomic E-state index is 11.0. The first-order valence-electron chi connectivity index (χ1n) is 3.50. The van der Waals surface area contributed by atoms with Crippen LogP contribution in [0.1, 0.15) is 6.92 Å². The Balaban J connectivity index is 2.34. The van der Waals surface area contributed by atoms with Crippen molar-refractivity contribution in [2.75, 3.05) is 25.5 Å². The van der Waals surface area contributed by atoms with Crippen LogP contribution in [0.15, 0.2) is 0 Å². The number of carbonyl (C=O) groups is 1. The number of hydrogen-bond donors (Lipinski definition) is 0. The molecule has 1 heterocycles. The predicted octanol–water partition coefficient (Wildman–Crippen LogP) is 0.629. The topological polar surface area (TPSA) is 29.5 Å². The minimum atomic E-state index is -0.0994. The first-order chi connectivity index (χ1) is 5.11. The third-order valence-corrected chi connectivity index (χ3v) is 2.49. The Hall–Kier alpha value is -0.0900. The summed E-state index contributed by atoms with van der Waals surface area (Å²) in [6.45, 7) is 3.44. The molecule has 0 aromatic rings. The van der Waals surface area contributed by atoms with Gasteiger partial charge in [0.1, 0.15) is 0 Å². The van der Waals surface area contributed by atoms with E-state index in [9.17, 15) is 4.79 Å². The zero-order valence-electron chi connectivity index (χ0n) is 6.76. The van der Waals surface area contributed by atoms with Gasteiger partial charge >= 0.3 is 0 Å². The van der Waals surface area contributed by atoms with Crippen molar-refractivity contribution in [3.05, 3.63) is 0 Å². The molecular weight excluding hydrogens is 210 g/mol. The van der Waals surface area contributed by atoms with Gasteiger partial charge in [0.05, 0.1) is 24.0 Å². The molecular formula is C7H12BrNO2. The van der Waals surface area contributed by atoms with E-state index < -0.39 is 0 Å². The Morgan fingerprint density at radius 3 is 2.64 bits per heavy atom. The number of ether oxygens (including phenoxy) is 1. The van der Waals surface area contributed by atoms with Gasteiger partial charge in [-0.2, -0.15) is 0 Å². The Kier molecular flexibility index (Phi) is 2.54. The van der Waals surface area contributed by atoms with Crippen molar-refractivity contribution in [1.82, 2.24) is 4.90 Å². The highest BCUT2D eigenvalue weighted by molar-refractivity contribution is 9.09. The number of nitrogens with zero attached hydrogens (tertiary/aromatic N) is 1. The van der Waals surface area contributed by atoms with Gasteiger partial charge in [0.2, 0.25) is 5.91 Å². The largest absolute Gasteiger partial charge is 0.375 e. The van der Waals surface area contributed by atoms with Gasteiger partial charge in [-0.05, 0) is 6.92 Å². The summed E-state index contributed by atoms with van der Waals surface area (Å²) in [6, 6.07) is 0. The van der Waals surface area contributed by atoms with Crippen molar-refractivity contribution < 1.29 is 9.53 Å². The minimum Gasteiger partial charge on any atom is -0.375 e. The molecule has 0 bridgehead atoms. The van der Waals surface area contributed by atoms with Crippen molar-refractivity contribution in [2.24, 2.45) is 0 Å². The summed E-state index contributed by atoms with van der Waals surface area (Å²) < 4.78 is 5.19. The van der Waals surface area contributed by atoms with Gasteiger partial charge in [-0.25, -0.2) is 0 Å². The van der Waals surface area contributed by atoms with Gasteiger partial charge in [-0.1, -0.05) is 15.9 Å². The zero-order valence-corrected chi connectivity index (χ0v) is 8.35. The van der Waals surface area contributed by atoms with Crippen molar-refractivity contribution >= 4 is 21.8 Å². The standard InChI is InChI=1S/C7H12BrNO2/c1-7(11-2)4-9(5-7)6(10)3-8/h3-5H2,1-2H3. The summed E-state index contributed by atoms with van der Waals surface area (Å²) in [6.07, 6.45) is 0. The van der Waals surface area contributed by atoms with Gasteiger partial charge in [0.15, 0.2) is 0 Å². The first kappa shape index (κ1) is 9.00. The number of likely N-dealkylation sites (tertiary alicyclic amines) is 1. The molecule has 1 aliphatic heterocycles. The fraction of sp³-hybridized carbons (Fsp3) is 0.857. The highest BCUT2D eigenvalue weighted by Crippen LogP contribution is 2.23. The molecule has 1 rings (SSSR count). The lowest BCUT2D eigenvalue weighted by molar-refractivity contribution is -0.154. The third kappa shape index (κ3) is 1.73. The average Bonchev–Trinajstić information content (AvgIpc) is 1.97. The summed E-state index contributed by atoms with van der Waals surface area (Å²) in [5.41, 5.74) is -0.0994. The molecule has 0 spiro atoms. The van der Waals surface area contributed by atoms with Crippen molar-refractivity contribution in [3.8, 4) is 0 Å². The van der Waals surface area contributed by atoms with Crippen molar-refractivity contribution in [3.63, 3.8) is 0 Å². The summed E-state index contributed by atoms with van der Waals surface area (Å²) in [4.78, 5) is 12.8. The molecule has 0 aliphatic carbocycles. The number of amides is 1. The second kappa shape index (κ2) is 3.11. The smallest absolute Gasteiger partial charge is 0.233 e. The molecule has 11 heavy (non-hydrogen) atoms. The van der Waals surface area contributed by atoms with E-state index in [0.717, 1.165) is 0 Å². The first-order valence-corrected chi connectivity index (χ1v) is 4.62. The molecule has 64 valence electrons. The summed E-state index contributed by atoms with van der Waals surface area (Å²) in [7, 11) is 1.68. The van der Waals surface area contributed by atoms with Crippen LogP contribution in [-0.4, -0.2) is 41.9 Å². The second-order valence-corrected chi connectivity index (χ2v) is 3.60. The quantitative estimate of drug-likeness (QED) is 0.641. The summed E-state index contributed by atoms with van der Waals surface area (Å²) in [5, 5.41) is 0.410. The Labute approximate surface area is 74.8 Å². The molecule has 0 saturated carbocycles. The molecule has 0 unspecified atom stereocenters. The average molecular weight is 222 g/mol. The highest BCUT2D eigenvalue weighted by Gasteiger charge is 2.40. The van der Waals surface area contributed by atoms with Crippen LogP contribution in [0.25, 0.3) is 0 Å². The maximum Gasteiger partial charge on any atom is 0.233 e. The summed E-state index contributed by atoms with van der Waals surface area (Å²) in [5.74, 6) is 0.138. The number of rotatable bonds is 2. The van der Waals surface area contributed by atoms with Crippen LogP contribution in [-0.2, 0) is 9.53 Å². The molecule has 0 aromatic heterocycles. The molecule has 1 saturated heterocycles. The summed E-state index contributed by atoms with van der Waals surface area (Å²) >= 11 is 3.12.